The van der Waals surface area contributed by atoms with Gasteiger partial charge in [0.2, 0.25) is 0 Å². The van der Waals surface area contributed by atoms with Gasteiger partial charge < -0.3 is 10.0 Å². The van der Waals surface area contributed by atoms with Gasteiger partial charge in [0.1, 0.15) is 5.52 Å². The summed E-state index contributed by atoms with van der Waals surface area (Å²) in [6.07, 6.45) is 5.64. The molecule has 1 aliphatic carbocycles. The molecule has 1 aliphatic rings. The van der Waals surface area contributed by atoms with E-state index < -0.39 is 0 Å². The lowest BCUT2D eigenvalue weighted by molar-refractivity contribution is 0.158. The molecule has 96 valence electrons. The predicted octanol–water partition coefficient (Wildman–Crippen LogP) is 1.24. The van der Waals surface area contributed by atoms with E-state index >= 15 is 0 Å². The summed E-state index contributed by atoms with van der Waals surface area (Å²) < 4.78 is 1.83. The molecule has 0 spiro atoms. The largest absolute Gasteiger partial charge is 0.391 e. The third kappa shape index (κ3) is 2.06. The summed E-state index contributed by atoms with van der Waals surface area (Å²) in [4.78, 5) is 6.42. The van der Waals surface area contributed by atoms with Gasteiger partial charge in [-0.2, -0.15) is 5.10 Å². The average Bonchev–Trinajstić information content (AvgIpc) is 3.10. The molecule has 1 atom stereocenters. The maximum absolute atomic E-state index is 10.0. The highest BCUT2D eigenvalue weighted by molar-refractivity contribution is 5.68. The molecule has 0 bridgehead atoms. The summed E-state index contributed by atoms with van der Waals surface area (Å²) >= 11 is 0. The summed E-state index contributed by atoms with van der Waals surface area (Å²) in [5.41, 5.74) is 1.96. The van der Waals surface area contributed by atoms with Crippen LogP contribution >= 0.6 is 0 Å². The van der Waals surface area contributed by atoms with Crippen LogP contribution in [-0.2, 0) is 0 Å². The van der Waals surface area contributed by atoms with Crippen LogP contribution in [0, 0.1) is 12.8 Å². The van der Waals surface area contributed by atoms with Gasteiger partial charge >= 0.3 is 0 Å². The molecule has 0 radical (unpaired) electrons. The zero-order chi connectivity index (χ0) is 12.7. The van der Waals surface area contributed by atoms with Gasteiger partial charge in [0, 0.05) is 26.0 Å². The summed E-state index contributed by atoms with van der Waals surface area (Å²) in [5, 5.41) is 14.4. The van der Waals surface area contributed by atoms with Crippen LogP contribution in [0.5, 0.6) is 0 Å². The zero-order valence-corrected chi connectivity index (χ0v) is 10.7. The topological polar surface area (TPSA) is 53.7 Å². The maximum atomic E-state index is 10.0. The first-order valence-corrected chi connectivity index (χ1v) is 6.35. The van der Waals surface area contributed by atoms with Crippen LogP contribution in [0.15, 0.2) is 18.5 Å². The molecule has 2 heterocycles. The Morgan fingerprint density at radius 3 is 3.06 bits per heavy atom. The summed E-state index contributed by atoms with van der Waals surface area (Å²) in [7, 11) is 1.97. The molecule has 5 nitrogen and oxygen atoms in total. The number of hydrogen-bond acceptors (Lipinski definition) is 4. The van der Waals surface area contributed by atoms with E-state index in [4.69, 9.17) is 0 Å². The molecule has 1 fully saturated rings. The number of hydrogen-bond donors (Lipinski definition) is 1. The van der Waals surface area contributed by atoms with E-state index in [1.165, 1.54) is 0 Å². The fourth-order valence-electron chi connectivity index (χ4n) is 2.32. The highest BCUT2D eigenvalue weighted by Crippen LogP contribution is 2.33. The van der Waals surface area contributed by atoms with Gasteiger partial charge in [0.15, 0.2) is 5.82 Å². The van der Waals surface area contributed by atoms with Crippen LogP contribution < -0.4 is 4.90 Å². The van der Waals surface area contributed by atoms with E-state index in [1.807, 2.05) is 35.6 Å². The van der Waals surface area contributed by atoms with E-state index in [-0.39, 0.29) is 6.10 Å². The van der Waals surface area contributed by atoms with Crippen LogP contribution in [0.4, 0.5) is 5.82 Å². The van der Waals surface area contributed by atoms with Gasteiger partial charge in [-0.3, -0.25) is 0 Å². The van der Waals surface area contributed by atoms with E-state index in [2.05, 4.69) is 10.1 Å². The Labute approximate surface area is 106 Å². The molecule has 1 N–H and O–H groups in total. The molecule has 0 saturated heterocycles. The first-order valence-electron chi connectivity index (χ1n) is 6.35. The number of aliphatic hydroxyl groups excluding tert-OH is 1. The quantitative estimate of drug-likeness (QED) is 0.882. The first kappa shape index (κ1) is 11.5. The van der Waals surface area contributed by atoms with Gasteiger partial charge in [-0.05, 0) is 31.7 Å². The van der Waals surface area contributed by atoms with Gasteiger partial charge in [0.05, 0.1) is 11.8 Å². The van der Waals surface area contributed by atoms with Crippen LogP contribution in [0.3, 0.4) is 0 Å². The lowest BCUT2D eigenvalue weighted by Gasteiger charge is -2.22. The van der Waals surface area contributed by atoms with Crippen molar-refractivity contribution in [2.45, 2.75) is 25.9 Å². The third-order valence-corrected chi connectivity index (χ3v) is 3.48. The number of rotatable bonds is 4. The SMILES string of the molecule is Cc1cc2c(N(C)CC(O)C3CC3)nccn2n1. The summed E-state index contributed by atoms with van der Waals surface area (Å²) in [6, 6.07) is 2.02. The van der Waals surface area contributed by atoms with Crippen molar-refractivity contribution in [3.8, 4) is 0 Å². The van der Waals surface area contributed by atoms with Crippen molar-refractivity contribution in [2.75, 3.05) is 18.5 Å². The molecule has 0 aromatic carbocycles. The number of anilines is 1. The monoisotopic (exact) mass is 246 g/mol. The van der Waals surface area contributed by atoms with Crippen LogP contribution in [0.1, 0.15) is 18.5 Å². The van der Waals surface area contributed by atoms with Crippen molar-refractivity contribution in [3.63, 3.8) is 0 Å². The van der Waals surface area contributed by atoms with Crippen molar-refractivity contribution < 1.29 is 5.11 Å². The minimum Gasteiger partial charge on any atom is -0.391 e. The zero-order valence-electron chi connectivity index (χ0n) is 10.7. The Balaban J connectivity index is 1.87. The molecule has 1 saturated carbocycles. The summed E-state index contributed by atoms with van der Waals surface area (Å²) in [6.45, 7) is 2.59. The molecular formula is C13H18N4O. The lowest BCUT2D eigenvalue weighted by atomic mass is 10.2. The number of nitrogens with zero attached hydrogens (tertiary/aromatic N) is 4. The van der Waals surface area contributed by atoms with Crippen LogP contribution in [0.2, 0.25) is 0 Å². The Morgan fingerprint density at radius 2 is 2.33 bits per heavy atom. The second kappa shape index (κ2) is 4.24. The lowest BCUT2D eigenvalue weighted by Crippen LogP contribution is -2.31. The van der Waals surface area contributed by atoms with Gasteiger partial charge in [-0.1, -0.05) is 0 Å². The Bertz CT molecular complexity index is 561. The standard InChI is InChI=1S/C13H18N4O/c1-9-7-11-13(14-5-6-17(11)15-9)16(2)8-12(18)10-3-4-10/h5-7,10,12,18H,3-4,8H2,1-2H3. The van der Waals surface area contributed by atoms with Gasteiger partial charge in [0.25, 0.3) is 0 Å². The predicted molar refractivity (Wildman–Crippen MR) is 69.7 cm³/mol. The molecule has 2 aromatic rings. The second-order valence-corrected chi connectivity index (χ2v) is 5.15. The van der Waals surface area contributed by atoms with Crippen LogP contribution in [-0.4, -0.2) is 39.4 Å². The number of aliphatic hydroxyl groups is 1. The molecule has 0 amide bonds. The number of fused-ring (bicyclic) bond motifs is 1. The first-order chi connectivity index (χ1) is 8.65. The average molecular weight is 246 g/mol. The number of aryl methyl sites for hydroxylation is 1. The highest BCUT2D eigenvalue weighted by atomic mass is 16.3. The molecule has 18 heavy (non-hydrogen) atoms. The number of likely N-dealkylation sites (N-methyl/N-ethyl adjacent to an activating group) is 1. The normalized spacial score (nSPS) is 17.1. The fraction of sp³-hybridized carbons (Fsp3) is 0.538. The number of aromatic nitrogens is 3. The van der Waals surface area contributed by atoms with Crippen LogP contribution in [0.25, 0.3) is 5.52 Å². The molecule has 0 aliphatic heterocycles. The van der Waals surface area contributed by atoms with E-state index in [1.54, 1.807) is 6.20 Å². The van der Waals surface area contributed by atoms with Crippen molar-refractivity contribution in [3.05, 3.63) is 24.2 Å². The molecular weight excluding hydrogens is 228 g/mol. The Hall–Kier alpha value is -1.62. The molecule has 1 unspecified atom stereocenters. The fourth-order valence-corrected chi connectivity index (χ4v) is 2.32. The van der Waals surface area contributed by atoms with Crippen molar-refractivity contribution >= 4 is 11.3 Å². The van der Waals surface area contributed by atoms with Crippen molar-refractivity contribution in [1.29, 1.82) is 0 Å². The third-order valence-electron chi connectivity index (χ3n) is 3.48. The van der Waals surface area contributed by atoms with Crippen molar-refractivity contribution in [1.82, 2.24) is 14.6 Å². The Kier molecular flexibility index (Phi) is 2.70. The second-order valence-electron chi connectivity index (χ2n) is 5.15. The van der Waals surface area contributed by atoms with Gasteiger partial charge in [-0.25, -0.2) is 9.50 Å². The summed E-state index contributed by atoms with van der Waals surface area (Å²) in [5.74, 6) is 1.36. The Morgan fingerprint density at radius 1 is 1.56 bits per heavy atom. The van der Waals surface area contributed by atoms with E-state index in [0.717, 1.165) is 29.9 Å². The van der Waals surface area contributed by atoms with Crippen molar-refractivity contribution in [2.24, 2.45) is 5.92 Å². The minimum absolute atomic E-state index is 0.249. The van der Waals surface area contributed by atoms with E-state index in [9.17, 15) is 5.11 Å². The molecule has 5 heteroatoms. The molecule has 2 aromatic heterocycles. The molecule has 3 rings (SSSR count). The highest BCUT2D eigenvalue weighted by Gasteiger charge is 2.30. The van der Waals surface area contributed by atoms with E-state index in [0.29, 0.717) is 12.5 Å². The maximum Gasteiger partial charge on any atom is 0.154 e. The van der Waals surface area contributed by atoms with Gasteiger partial charge in [-0.15, -0.1) is 0 Å². The minimum atomic E-state index is -0.249. The smallest absolute Gasteiger partial charge is 0.154 e.